The molecule has 2 atom stereocenters. The molecule has 1 N–H and O–H groups in total. The van der Waals surface area contributed by atoms with Crippen LogP contribution in [0.5, 0.6) is 5.75 Å². The summed E-state index contributed by atoms with van der Waals surface area (Å²) in [6.45, 7) is 0.806. The van der Waals surface area contributed by atoms with Gasteiger partial charge in [-0.2, -0.15) is 0 Å². The van der Waals surface area contributed by atoms with Crippen molar-refractivity contribution >= 4 is 23.4 Å². The largest absolute Gasteiger partial charge is 0.490 e. The minimum Gasteiger partial charge on any atom is -0.490 e. The molecule has 2 fully saturated rings. The predicted molar refractivity (Wildman–Crippen MR) is 109 cm³/mol. The Balaban J connectivity index is 1.41. The van der Waals surface area contributed by atoms with Crippen molar-refractivity contribution in [2.75, 3.05) is 19.7 Å². The molecule has 158 valence electrons. The Hall–Kier alpha value is -2.64. The minimum absolute atomic E-state index is 0.0952. The van der Waals surface area contributed by atoms with Crippen LogP contribution in [0, 0.1) is 5.82 Å². The zero-order valence-corrected chi connectivity index (χ0v) is 17.0. The van der Waals surface area contributed by atoms with E-state index in [1.807, 2.05) is 0 Å². The second-order valence-electron chi connectivity index (χ2n) is 7.40. The lowest BCUT2D eigenvalue weighted by Crippen LogP contribution is -2.55. The molecule has 0 radical (unpaired) electrons. The molecule has 4 rings (SSSR count). The first-order valence-corrected chi connectivity index (χ1v) is 10.3. The summed E-state index contributed by atoms with van der Waals surface area (Å²) in [6, 6.07) is 12.5. The number of piperidine rings is 1. The zero-order chi connectivity index (χ0) is 21.1. The van der Waals surface area contributed by atoms with Gasteiger partial charge in [0.25, 0.3) is 5.91 Å². The van der Waals surface area contributed by atoms with Crippen molar-refractivity contribution in [2.45, 2.75) is 31.1 Å². The van der Waals surface area contributed by atoms with Crippen LogP contribution in [0.3, 0.4) is 0 Å². The Morgan fingerprint density at radius 1 is 1.17 bits per heavy atom. The quantitative estimate of drug-likeness (QED) is 0.806. The van der Waals surface area contributed by atoms with Gasteiger partial charge in [-0.3, -0.25) is 9.59 Å². The molecule has 30 heavy (non-hydrogen) atoms. The highest BCUT2D eigenvalue weighted by molar-refractivity contribution is 6.31. The van der Waals surface area contributed by atoms with Crippen molar-refractivity contribution < 1.29 is 23.5 Å². The number of morpholine rings is 1. The molecule has 0 aliphatic carbocycles. The summed E-state index contributed by atoms with van der Waals surface area (Å²) < 4.78 is 24.8. The van der Waals surface area contributed by atoms with Crippen LogP contribution in [0.2, 0.25) is 5.02 Å². The average Bonchev–Trinajstić information content (AvgIpc) is 2.74. The lowest BCUT2D eigenvalue weighted by molar-refractivity contribution is -0.156. The van der Waals surface area contributed by atoms with E-state index in [4.69, 9.17) is 21.1 Å². The molecule has 0 spiro atoms. The van der Waals surface area contributed by atoms with E-state index in [2.05, 4.69) is 5.32 Å². The Kier molecular flexibility index (Phi) is 6.20. The number of nitrogens with zero attached hydrogens (tertiary/aromatic N) is 1. The van der Waals surface area contributed by atoms with Crippen LogP contribution in [0.25, 0.3) is 0 Å². The molecule has 0 saturated carbocycles. The van der Waals surface area contributed by atoms with Crippen LogP contribution >= 0.6 is 11.6 Å². The summed E-state index contributed by atoms with van der Waals surface area (Å²) in [7, 11) is 0. The molecule has 2 amide bonds. The molecule has 2 heterocycles. The van der Waals surface area contributed by atoms with E-state index in [1.165, 1.54) is 12.1 Å². The van der Waals surface area contributed by atoms with Crippen LogP contribution in [-0.2, 0) is 14.3 Å². The molecule has 0 aromatic heterocycles. The smallest absolute Gasteiger partial charge is 0.254 e. The lowest BCUT2D eigenvalue weighted by Gasteiger charge is -2.38. The van der Waals surface area contributed by atoms with E-state index in [0.29, 0.717) is 42.3 Å². The number of likely N-dealkylation sites (tertiary alicyclic amines) is 1. The number of nitrogens with one attached hydrogen (secondary N) is 1. The fourth-order valence-electron chi connectivity index (χ4n) is 3.84. The first-order valence-electron chi connectivity index (χ1n) is 9.87. The molecule has 0 unspecified atom stereocenters. The van der Waals surface area contributed by atoms with Gasteiger partial charge in [-0.25, -0.2) is 4.39 Å². The van der Waals surface area contributed by atoms with Gasteiger partial charge in [0.05, 0.1) is 6.04 Å². The van der Waals surface area contributed by atoms with Crippen molar-refractivity contribution in [3.05, 3.63) is 64.9 Å². The number of rotatable bonds is 4. The number of amides is 2. The number of halogens is 2. The Morgan fingerprint density at radius 3 is 2.67 bits per heavy atom. The highest BCUT2D eigenvalue weighted by atomic mass is 35.5. The third-order valence-corrected chi connectivity index (χ3v) is 5.69. The van der Waals surface area contributed by atoms with E-state index < -0.39 is 12.1 Å². The van der Waals surface area contributed by atoms with Crippen LogP contribution < -0.4 is 10.1 Å². The summed E-state index contributed by atoms with van der Waals surface area (Å²) in [6.07, 6.45) is 0.307. The Labute approximate surface area is 178 Å². The van der Waals surface area contributed by atoms with Gasteiger partial charge >= 0.3 is 0 Å². The summed E-state index contributed by atoms with van der Waals surface area (Å²) in [5.41, 5.74) is 0.648. The average molecular weight is 433 g/mol. The standard InChI is InChI=1S/C22H22ClFN2O4/c23-18-7-2-1-6-17(18)20-21(29-13-19(27)25-20)22(28)26-10-8-15(9-11-26)30-16-5-3-4-14(24)12-16/h1-7,12,15,20-21H,8-11,13H2,(H,25,27)/t20-,21+/m1/s1. The SMILES string of the molecule is O=C1CO[C@H](C(=O)N2CCC(Oc3cccc(F)c3)CC2)[C@@H](c2ccccc2Cl)N1. The topological polar surface area (TPSA) is 67.9 Å². The lowest BCUT2D eigenvalue weighted by atomic mass is 9.97. The summed E-state index contributed by atoms with van der Waals surface area (Å²) in [4.78, 5) is 26.8. The summed E-state index contributed by atoms with van der Waals surface area (Å²) >= 11 is 6.29. The fraction of sp³-hybridized carbons (Fsp3) is 0.364. The van der Waals surface area contributed by atoms with Gasteiger partial charge in [0.2, 0.25) is 5.91 Å². The third-order valence-electron chi connectivity index (χ3n) is 5.35. The van der Waals surface area contributed by atoms with Crippen molar-refractivity contribution in [1.82, 2.24) is 10.2 Å². The van der Waals surface area contributed by atoms with Crippen molar-refractivity contribution in [2.24, 2.45) is 0 Å². The molecular formula is C22H22ClFN2O4. The summed E-state index contributed by atoms with van der Waals surface area (Å²) in [5, 5.41) is 3.30. The molecule has 6 nitrogen and oxygen atoms in total. The predicted octanol–water partition coefficient (Wildman–Crippen LogP) is 3.11. The molecule has 2 aromatic rings. The summed E-state index contributed by atoms with van der Waals surface area (Å²) in [5.74, 6) is -0.339. The first kappa shape index (κ1) is 20.6. The van der Waals surface area contributed by atoms with Crippen LogP contribution in [-0.4, -0.2) is 48.6 Å². The maximum atomic E-state index is 13.3. The number of carbonyl (C=O) groups excluding carboxylic acids is 2. The maximum Gasteiger partial charge on any atom is 0.254 e. The van der Waals surface area contributed by atoms with Crippen LogP contribution in [0.4, 0.5) is 4.39 Å². The highest BCUT2D eigenvalue weighted by Crippen LogP contribution is 2.30. The molecular weight excluding hydrogens is 411 g/mol. The Morgan fingerprint density at radius 2 is 1.93 bits per heavy atom. The molecule has 8 heteroatoms. The number of carbonyl (C=O) groups is 2. The van der Waals surface area contributed by atoms with E-state index in [-0.39, 0.29) is 30.3 Å². The van der Waals surface area contributed by atoms with Gasteiger partial charge < -0.3 is 19.7 Å². The van der Waals surface area contributed by atoms with E-state index >= 15 is 0 Å². The maximum absolute atomic E-state index is 13.3. The zero-order valence-electron chi connectivity index (χ0n) is 16.2. The second kappa shape index (κ2) is 9.02. The molecule has 2 aliphatic heterocycles. The van der Waals surface area contributed by atoms with Crippen molar-refractivity contribution in [3.8, 4) is 5.75 Å². The monoisotopic (exact) mass is 432 g/mol. The number of benzene rings is 2. The molecule has 2 saturated heterocycles. The van der Waals surface area contributed by atoms with E-state index in [1.54, 1.807) is 41.3 Å². The van der Waals surface area contributed by atoms with Crippen molar-refractivity contribution in [1.29, 1.82) is 0 Å². The van der Waals surface area contributed by atoms with Crippen LogP contribution in [0.1, 0.15) is 24.4 Å². The number of ether oxygens (including phenoxy) is 2. The van der Waals surface area contributed by atoms with Gasteiger partial charge in [0.1, 0.15) is 24.3 Å². The van der Waals surface area contributed by atoms with E-state index in [9.17, 15) is 14.0 Å². The molecule has 0 bridgehead atoms. The first-order chi connectivity index (χ1) is 14.5. The normalized spacial score (nSPS) is 22.5. The fourth-order valence-corrected chi connectivity index (χ4v) is 4.09. The van der Waals surface area contributed by atoms with Gasteiger partial charge in [0.15, 0.2) is 6.10 Å². The number of hydrogen-bond donors (Lipinski definition) is 1. The van der Waals surface area contributed by atoms with Crippen LogP contribution in [0.15, 0.2) is 48.5 Å². The minimum atomic E-state index is -0.844. The van der Waals surface area contributed by atoms with Crippen molar-refractivity contribution in [3.63, 3.8) is 0 Å². The van der Waals surface area contributed by atoms with E-state index in [0.717, 1.165) is 0 Å². The Bertz CT molecular complexity index is 933. The third kappa shape index (κ3) is 4.57. The van der Waals surface area contributed by atoms with Gasteiger partial charge in [-0.15, -0.1) is 0 Å². The van der Waals surface area contributed by atoms with Gasteiger partial charge in [-0.05, 0) is 23.8 Å². The van der Waals surface area contributed by atoms with Gasteiger partial charge in [0, 0.05) is 37.0 Å². The number of hydrogen-bond acceptors (Lipinski definition) is 4. The molecule has 2 aliphatic rings. The highest BCUT2D eigenvalue weighted by Gasteiger charge is 2.40. The molecule has 2 aromatic carbocycles. The van der Waals surface area contributed by atoms with Gasteiger partial charge in [-0.1, -0.05) is 35.9 Å². The second-order valence-corrected chi connectivity index (χ2v) is 7.81.